The molecule has 0 aliphatic heterocycles. The molecule has 2 rings (SSSR count). The van der Waals surface area contributed by atoms with E-state index in [4.69, 9.17) is 0 Å². The van der Waals surface area contributed by atoms with E-state index in [0.717, 1.165) is 44.7 Å². The summed E-state index contributed by atoms with van der Waals surface area (Å²) in [5, 5.41) is 26.8. The summed E-state index contributed by atoms with van der Waals surface area (Å²) in [6.45, 7) is 2.99. The Morgan fingerprint density at radius 3 is 1.40 bits per heavy atom. The molecule has 0 fully saturated rings. The number of phenols is 2. The third-order valence-electron chi connectivity index (χ3n) is 3.65. The lowest BCUT2D eigenvalue weighted by Crippen LogP contribution is -2.17. The van der Waals surface area contributed by atoms with E-state index in [-0.39, 0.29) is 36.3 Å². The SMILES string of the molecule is Cl.Cl.Oc1c(Br)cc(Br)cc1CNCCSSCCNCc1cc(Br)cc(Br)c1O. The predicted octanol–water partition coefficient (Wildman–Crippen LogP) is 7.25. The van der Waals surface area contributed by atoms with E-state index in [1.165, 1.54) is 0 Å². The van der Waals surface area contributed by atoms with Gasteiger partial charge in [-0.1, -0.05) is 53.4 Å². The number of hydrogen-bond donors (Lipinski definition) is 4. The molecule has 30 heavy (non-hydrogen) atoms. The summed E-state index contributed by atoms with van der Waals surface area (Å²) in [7, 11) is 3.64. The van der Waals surface area contributed by atoms with E-state index >= 15 is 0 Å². The number of phenolic OH excluding ortho intramolecular Hbond substituents is 2. The quantitative estimate of drug-likeness (QED) is 0.143. The average Bonchev–Trinajstić information content (AvgIpc) is 2.64. The molecule has 0 atom stereocenters. The van der Waals surface area contributed by atoms with Crippen LogP contribution in [0.25, 0.3) is 0 Å². The molecule has 0 saturated heterocycles. The van der Waals surface area contributed by atoms with Crippen LogP contribution in [0.3, 0.4) is 0 Å². The van der Waals surface area contributed by atoms with Crippen molar-refractivity contribution in [1.82, 2.24) is 10.6 Å². The van der Waals surface area contributed by atoms with Gasteiger partial charge in [-0.25, -0.2) is 0 Å². The van der Waals surface area contributed by atoms with Crippen LogP contribution >= 0.6 is 110 Å². The highest BCUT2D eigenvalue weighted by Crippen LogP contribution is 2.32. The van der Waals surface area contributed by atoms with Gasteiger partial charge in [0.1, 0.15) is 11.5 Å². The molecule has 12 heteroatoms. The smallest absolute Gasteiger partial charge is 0.134 e. The molecular formula is C18H22Br4Cl2N2O2S2. The van der Waals surface area contributed by atoms with Gasteiger partial charge in [0, 0.05) is 57.8 Å². The van der Waals surface area contributed by atoms with E-state index in [9.17, 15) is 10.2 Å². The van der Waals surface area contributed by atoms with Crippen molar-refractivity contribution in [2.24, 2.45) is 0 Å². The van der Waals surface area contributed by atoms with Crippen LogP contribution in [0.5, 0.6) is 11.5 Å². The van der Waals surface area contributed by atoms with Gasteiger partial charge in [0.15, 0.2) is 0 Å². The zero-order valence-electron chi connectivity index (χ0n) is 15.6. The maximum Gasteiger partial charge on any atom is 0.134 e. The molecule has 0 heterocycles. The molecule has 0 unspecified atom stereocenters. The number of rotatable bonds is 11. The molecule has 0 amide bonds. The van der Waals surface area contributed by atoms with E-state index in [2.05, 4.69) is 74.4 Å². The largest absolute Gasteiger partial charge is 0.506 e. The van der Waals surface area contributed by atoms with Crippen molar-refractivity contribution < 1.29 is 10.2 Å². The van der Waals surface area contributed by atoms with Crippen molar-refractivity contribution >= 4 is 110 Å². The zero-order valence-corrected chi connectivity index (χ0v) is 25.2. The molecule has 2 aromatic carbocycles. The van der Waals surface area contributed by atoms with Crippen molar-refractivity contribution in [3.05, 3.63) is 53.3 Å². The molecule has 0 saturated carbocycles. The number of halogens is 6. The van der Waals surface area contributed by atoms with Gasteiger partial charge >= 0.3 is 0 Å². The normalized spacial score (nSPS) is 10.4. The maximum absolute atomic E-state index is 10.0. The Kier molecular flexibility index (Phi) is 17.4. The molecule has 0 radical (unpaired) electrons. The number of nitrogens with one attached hydrogen (secondary N) is 2. The van der Waals surface area contributed by atoms with Gasteiger partial charge in [0.2, 0.25) is 0 Å². The maximum atomic E-state index is 10.0. The van der Waals surface area contributed by atoms with Crippen LogP contribution in [0.1, 0.15) is 11.1 Å². The van der Waals surface area contributed by atoms with E-state index in [1.807, 2.05) is 45.9 Å². The van der Waals surface area contributed by atoms with E-state index in [1.54, 1.807) is 0 Å². The van der Waals surface area contributed by atoms with Gasteiger partial charge < -0.3 is 20.8 Å². The highest BCUT2D eigenvalue weighted by molar-refractivity contribution is 9.11. The lowest BCUT2D eigenvalue weighted by atomic mass is 10.2. The van der Waals surface area contributed by atoms with Crippen LogP contribution in [0.2, 0.25) is 0 Å². The summed E-state index contributed by atoms with van der Waals surface area (Å²) in [5.41, 5.74) is 1.73. The second-order valence-corrected chi connectivity index (χ2v) is 12.0. The minimum atomic E-state index is 0. The Labute approximate surface area is 231 Å². The highest BCUT2D eigenvalue weighted by atomic mass is 79.9. The molecule has 0 aliphatic rings. The van der Waals surface area contributed by atoms with Crippen LogP contribution in [0, 0.1) is 0 Å². The molecular weight excluding hydrogens is 731 g/mol. The summed E-state index contributed by atoms with van der Waals surface area (Å²) in [4.78, 5) is 0. The van der Waals surface area contributed by atoms with Gasteiger partial charge in [-0.15, -0.1) is 24.8 Å². The van der Waals surface area contributed by atoms with E-state index < -0.39 is 0 Å². The van der Waals surface area contributed by atoms with Gasteiger partial charge in [-0.05, 0) is 56.1 Å². The standard InChI is InChI=1S/C18H20Br4N2O2S2.2ClH/c19-13-5-11(17(25)15(21)7-13)9-23-1-3-27-28-4-2-24-10-12-6-14(20)8-16(22)18(12)26;;/h5-8,23-26H,1-4,9-10H2;2*1H. The Balaban J connectivity index is 0.00000420. The van der Waals surface area contributed by atoms with Crippen LogP contribution in [-0.4, -0.2) is 34.8 Å². The summed E-state index contributed by atoms with van der Waals surface area (Å²) < 4.78 is 3.27. The van der Waals surface area contributed by atoms with Crippen LogP contribution in [0.15, 0.2) is 42.2 Å². The van der Waals surface area contributed by atoms with Gasteiger partial charge in [-0.3, -0.25) is 0 Å². The number of hydrogen-bond acceptors (Lipinski definition) is 6. The van der Waals surface area contributed by atoms with Crippen molar-refractivity contribution in [2.45, 2.75) is 13.1 Å². The second kappa shape index (κ2) is 16.7. The number of benzene rings is 2. The predicted molar refractivity (Wildman–Crippen MR) is 150 cm³/mol. The summed E-state index contributed by atoms with van der Waals surface area (Å²) in [6.07, 6.45) is 0. The molecule has 4 N–H and O–H groups in total. The molecule has 2 aromatic rings. The molecule has 170 valence electrons. The fourth-order valence-electron chi connectivity index (χ4n) is 2.30. The minimum absolute atomic E-state index is 0. The fourth-order valence-corrected chi connectivity index (χ4v) is 6.83. The Morgan fingerprint density at radius 1 is 0.667 bits per heavy atom. The van der Waals surface area contributed by atoms with Crippen LogP contribution in [0.4, 0.5) is 0 Å². The third kappa shape index (κ3) is 10.9. The molecule has 0 aromatic heterocycles. The molecule has 0 spiro atoms. The first-order valence-corrected chi connectivity index (χ1v) is 14.0. The van der Waals surface area contributed by atoms with E-state index in [0.29, 0.717) is 22.0 Å². The van der Waals surface area contributed by atoms with Crippen LogP contribution in [-0.2, 0) is 13.1 Å². The number of aromatic hydroxyl groups is 2. The van der Waals surface area contributed by atoms with Crippen molar-refractivity contribution in [3.63, 3.8) is 0 Å². The summed E-state index contributed by atoms with van der Waals surface area (Å²) in [6, 6.07) is 7.50. The first-order chi connectivity index (χ1) is 13.4. The first kappa shape index (κ1) is 31.2. The Hall–Kier alpha value is 1.16. The first-order valence-electron chi connectivity index (χ1n) is 8.38. The Morgan fingerprint density at radius 2 is 1.03 bits per heavy atom. The van der Waals surface area contributed by atoms with Crippen molar-refractivity contribution in [3.8, 4) is 11.5 Å². The topological polar surface area (TPSA) is 64.5 Å². The third-order valence-corrected chi connectivity index (χ3v) is 8.19. The molecule has 4 nitrogen and oxygen atoms in total. The lowest BCUT2D eigenvalue weighted by Gasteiger charge is -2.10. The highest BCUT2D eigenvalue weighted by Gasteiger charge is 2.08. The second-order valence-electron chi connectivity index (χ2n) is 5.79. The van der Waals surface area contributed by atoms with Crippen molar-refractivity contribution in [2.75, 3.05) is 24.6 Å². The van der Waals surface area contributed by atoms with Gasteiger partial charge in [-0.2, -0.15) is 0 Å². The molecule has 0 bridgehead atoms. The Bertz CT molecular complexity index is 742. The van der Waals surface area contributed by atoms with Gasteiger partial charge in [0.05, 0.1) is 8.95 Å². The molecule has 0 aliphatic carbocycles. The van der Waals surface area contributed by atoms with Gasteiger partial charge in [0.25, 0.3) is 0 Å². The minimum Gasteiger partial charge on any atom is -0.506 e. The monoisotopic (exact) mass is 748 g/mol. The summed E-state index contributed by atoms with van der Waals surface area (Å²) >= 11 is 13.6. The zero-order chi connectivity index (χ0) is 20.5. The van der Waals surface area contributed by atoms with Crippen LogP contribution < -0.4 is 10.6 Å². The lowest BCUT2D eigenvalue weighted by molar-refractivity contribution is 0.461. The fraction of sp³-hybridized carbons (Fsp3) is 0.333. The average molecular weight is 753 g/mol. The summed E-state index contributed by atoms with van der Waals surface area (Å²) in [5.74, 6) is 2.54. The van der Waals surface area contributed by atoms with Crippen molar-refractivity contribution in [1.29, 1.82) is 0 Å².